The molecule has 0 bridgehead atoms. The zero-order chi connectivity index (χ0) is 17.4. The highest BCUT2D eigenvalue weighted by Gasteiger charge is 2.53. The Balaban J connectivity index is 1.73. The third-order valence-corrected chi connectivity index (χ3v) is 5.33. The second-order valence-electron chi connectivity index (χ2n) is 7.63. The first kappa shape index (κ1) is 16.3. The lowest BCUT2D eigenvalue weighted by Crippen LogP contribution is -2.44. The Morgan fingerprint density at radius 3 is 2.80 bits per heavy atom. The van der Waals surface area contributed by atoms with Crippen LogP contribution in [0.15, 0.2) is 30.7 Å². The minimum absolute atomic E-state index is 0.137. The van der Waals surface area contributed by atoms with Crippen LogP contribution in [0.4, 0.5) is 0 Å². The van der Waals surface area contributed by atoms with Crippen LogP contribution in [-0.2, 0) is 4.79 Å². The van der Waals surface area contributed by atoms with Gasteiger partial charge in [0.05, 0.1) is 17.4 Å². The highest BCUT2D eigenvalue weighted by atomic mass is 16.2. The summed E-state index contributed by atoms with van der Waals surface area (Å²) >= 11 is 0. The molecule has 132 valence electrons. The van der Waals surface area contributed by atoms with Crippen molar-refractivity contribution >= 4 is 5.91 Å². The SMILES string of the molecule is CC(C)CN1C(=O)C2(CCCC2)N[C@@H]1c1cn[nH]c1-c1cccnc1. The van der Waals surface area contributed by atoms with Crippen LogP contribution in [0, 0.1) is 5.92 Å². The topological polar surface area (TPSA) is 73.9 Å². The number of rotatable bonds is 4. The molecule has 1 aliphatic heterocycles. The highest BCUT2D eigenvalue weighted by Crippen LogP contribution is 2.42. The van der Waals surface area contributed by atoms with Crippen molar-refractivity contribution in [3.63, 3.8) is 0 Å². The van der Waals surface area contributed by atoms with Crippen molar-refractivity contribution in [2.45, 2.75) is 51.2 Å². The molecule has 25 heavy (non-hydrogen) atoms. The Labute approximate surface area is 148 Å². The van der Waals surface area contributed by atoms with E-state index in [0.29, 0.717) is 5.92 Å². The van der Waals surface area contributed by atoms with E-state index < -0.39 is 0 Å². The molecular formula is C19H25N5O. The Morgan fingerprint density at radius 1 is 1.32 bits per heavy atom. The first-order chi connectivity index (χ1) is 12.1. The minimum Gasteiger partial charge on any atom is -0.321 e. The average molecular weight is 339 g/mol. The summed E-state index contributed by atoms with van der Waals surface area (Å²) in [6, 6.07) is 3.93. The van der Waals surface area contributed by atoms with Gasteiger partial charge in [0.1, 0.15) is 6.17 Å². The van der Waals surface area contributed by atoms with Gasteiger partial charge >= 0.3 is 0 Å². The molecule has 2 fully saturated rings. The molecule has 1 saturated heterocycles. The lowest BCUT2D eigenvalue weighted by Gasteiger charge is -2.26. The standard InChI is InChI=1S/C19H25N5O/c1-13(2)12-24-17(22-19(18(24)25)7-3-4-8-19)15-11-21-23-16(15)14-6-5-9-20-10-14/h5-6,9-11,13,17,22H,3-4,7-8,12H2,1-2H3,(H,21,23)/t17-/m0/s1. The van der Waals surface area contributed by atoms with E-state index in [1.807, 2.05) is 29.4 Å². The van der Waals surface area contributed by atoms with Gasteiger partial charge in [-0.3, -0.25) is 20.2 Å². The molecule has 3 heterocycles. The maximum absolute atomic E-state index is 13.2. The van der Waals surface area contributed by atoms with Crippen LogP contribution in [0.5, 0.6) is 0 Å². The molecule has 2 aromatic rings. The van der Waals surface area contributed by atoms with Crippen LogP contribution in [-0.4, -0.2) is 38.1 Å². The minimum atomic E-state index is -0.386. The van der Waals surface area contributed by atoms with E-state index >= 15 is 0 Å². The molecule has 1 saturated carbocycles. The van der Waals surface area contributed by atoms with Crippen molar-refractivity contribution in [1.29, 1.82) is 0 Å². The quantitative estimate of drug-likeness (QED) is 0.898. The number of nitrogens with one attached hydrogen (secondary N) is 2. The maximum Gasteiger partial charge on any atom is 0.244 e. The summed E-state index contributed by atoms with van der Waals surface area (Å²) in [5.74, 6) is 0.667. The number of aromatic nitrogens is 3. The van der Waals surface area contributed by atoms with Crippen LogP contribution in [0.1, 0.15) is 51.3 Å². The van der Waals surface area contributed by atoms with Gasteiger partial charge in [0.15, 0.2) is 0 Å². The fraction of sp³-hybridized carbons (Fsp3) is 0.526. The molecule has 0 aromatic carbocycles. The number of hydrogen-bond acceptors (Lipinski definition) is 4. The van der Waals surface area contributed by atoms with Crippen molar-refractivity contribution in [2.75, 3.05) is 6.54 Å². The summed E-state index contributed by atoms with van der Waals surface area (Å²) in [6.07, 6.45) is 9.37. The predicted octanol–water partition coefficient (Wildman–Crippen LogP) is 2.87. The third kappa shape index (κ3) is 2.74. The third-order valence-electron chi connectivity index (χ3n) is 5.33. The number of H-pyrrole nitrogens is 1. The van der Waals surface area contributed by atoms with E-state index in [4.69, 9.17) is 0 Å². The Hall–Kier alpha value is -2.21. The Kier molecular flexibility index (Phi) is 4.07. The normalized spacial score (nSPS) is 22.4. The van der Waals surface area contributed by atoms with Crippen molar-refractivity contribution in [3.8, 4) is 11.3 Å². The molecule has 6 nitrogen and oxygen atoms in total. The van der Waals surface area contributed by atoms with Crippen molar-refractivity contribution in [3.05, 3.63) is 36.3 Å². The molecule has 1 aliphatic carbocycles. The summed E-state index contributed by atoms with van der Waals surface area (Å²) in [5, 5.41) is 11.0. The van der Waals surface area contributed by atoms with Crippen LogP contribution >= 0.6 is 0 Å². The predicted molar refractivity (Wildman–Crippen MR) is 95.4 cm³/mol. The fourth-order valence-electron chi connectivity index (χ4n) is 4.20. The number of pyridine rings is 1. The number of carbonyl (C=O) groups excluding carboxylic acids is 1. The van der Waals surface area contributed by atoms with Gasteiger partial charge in [-0.25, -0.2) is 0 Å². The van der Waals surface area contributed by atoms with Crippen molar-refractivity contribution in [1.82, 2.24) is 25.4 Å². The van der Waals surface area contributed by atoms with E-state index in [-0.39, 0.29) is 17.6 Å². The largest absolute Gasteiger partial charge is 0.321 e. The van der Waals surface area contributed by atoms with Gasteiger partial charge in [-0.05, 0) is 30.9 Å². The molecule has 2 N–H and O–H groups in total. The smallest absolute Gasteiger partial charge is 0.244 e. The van der Waals surface area contributed by atoms with Crippen molar-refractivity contribution < 1.29 is 4.79 Å². The number of amides is 1. The second kappa shape index (κ2) is 6.26. The second-order valence-corrected chi connectivity index (χ2v) is 7.63. The van der Waals surface area contributed by atoms with Crippen LogP contribution in [0.25, 0.3) is 11.3 Å². The first-order valence-corrected chi connectivity index (χ1v) is 9.13. The highest BCUT2D eigenvalue weighted by molar-refractivity contribution is 5.89. The number of carbonyl (C=O) groups is 1. The molecule has 1 spiro atoms. The Bertz CT molecular complexity index is 748. The van der Waals surface area contributed by atoms with E-state index in [0.717, 1.165) is 49.0 Å². The summed E-state index contributed by atoms with van der Waals surface area (Å²) in [7, 11) is 0. The molecule has 6 heteroatoms. The van der Waals surface area contributed by atoms with Crippen molar-refractivity contribution in [2.24, 2.45) is 5.92 Å². The van der Waals surface area contributed by atoms with E-state index in [2.05, 4.69) is 34.3 Å². The van der Waals surface area contributed by atoms with Gasteiger partial charge in [0, 0.05) is 30.1 Å². The lowest BCUT2D eigenvalue weighted by molar-refractivity contribution is -0.133. The molecular weight excluding hydrogens is 314 g/mol. The molecule has 2 aromatic heterocycles. The zero-order valence-electron chi connectivity index (χ0n) is 14.8. The van der Waals surface area contributed by atoms with E-state index in [9.17, 15) is 4.79 Å². The van der Waals surface area contributed by atoms with Crippen LogP contribution in [0.2, 0.25) is 0 Å². The summed E-state index contributed by atoms with van der Waals surface area (Å²) < 4.78 is 0. The summed E-state index contributed by atoms with van der Waals surface area (Å²) in [4.78, 5) is 19.5. The number of nitrogens with zero attached hydrogens (tertiary/aromatic N) is 3. The van der Waals surface area contributed by atoms with Gasteiger partial charge in [-0.1, -0.05) is 26.7 Å². The van der Waals surface area contributed by atoms with Gasteiger partial charge in [0.25, 0.3) is 0 Å². The molecule has 2 aliphatic rings. The number of hydrogen-bond donors (Lipinski definition) is 2. The lowest BCUT2D eigenvalue weighted by atomic mass is 9.98. The molecule has 0 unspecified atom stereocenters. The van der Waals surface area contributed by atoms with Gasteiger partial charge in [-0.15, -0.1) is 0 Å². The zero-order valence-corrected chi connectivity index (χ0v) is 14.8. The van der Waals surface area contributed by atoms with E-state index in [1.54, 1.807) is 6.20 Å². The average Bonchev–Trinajstić information content (AvgIpc) is 3.32. The van der Waals surface area contributed by atoms with Gasteiger partial charge in [0.2, 0.25) is 5.91 Å². The number of aromatic amines is 1. The fourth-order valence-corrected chi connectivity index (χ4v) is 4.20. The first-order valence-electron chi connectivity index (χ1n) is 9.13. The van der Waals surface area contributed by atoms with Gasteiger partial charge < -0.3 is 4.90 Å². The molecule has 1 amide bonds. The molecule has 0 radical (unpaired) electrons. The Morgan fingerprint density at radius 2 is 2.12 bits per heavy atom. The monoisotopic (exact) mass is 339 g/mol. The molecule has 1 atom stereocenters. The van der Waals surface area contributed by atoms with E-state index in [1.165, 1.54) is 0 Å². The maximum atomic E-state index is 13.2. The van der Waals surface area contributed by atoms with Crippen LogP contribution < -0.4 is 5.32 Å². The van der Waals surface area contributed by atoms with Gasteiger partial charge in [-0.2, -0.15) is 5.10 Å². The summed E-state index contributed by atoms with van der Waals surface area (Å²) in [6.45, 7) is 5.05. The molecule has 4 rings (SSSR count). The van der Waals surface area contributed by atoms with Crippen LogP contribution in [0.3, 0.4) is 0 Å². The summed E-state index contributed by atoms with van der Waals surface area (Å²) in [5.41, 5.74) is 2.55.